The Labute approximate surface area is 237 Å². The van der Waals surface area contributed by atoms with Gasteiger partial charge in [0.1, 0.15) is 11.9 Å². The number of Topliss-reactive ketones (excluding diaryl/α,β-unsaturated/α-hetero) is 1. The van der Waals surface area contributed by atoms with Crippen LogP contribution in [0.25, 0.3) is 0 Å². The lowest BCUT2D eigenvalue weighted by molar-refractivity contribution is -0.185. The van der Waals surface area contributed by atoms with Gasteiger partial charge in [0.05, 0.1) is 12.2 Å². The standard InChI is InChI=1S/C34H56O5/c1-10-22(19(2)3)17-28(37-21(5)35)20(4)24-11-12-25-29-26(14-16-33(24,25)8)34(9)15-13-23(36)18-27(34)30-31(29)39-32(6,7)38-30/h19-20,22,24-31H,10-18H2,1-9H3/t20-,22+,24+,25-,26-,27+,28?,29-,30+,31+,33+,34+/m0/s1. The van der Waals surface area contributed by atoms with E-state index in [0.717, 1.165) is 25.7 Å². The van der Waals surface area contributed by atoms with Crippen LogP contribution in [-0.4, -0.2) is 35.9 Å². The molecule has 0 aromatic rings. The number of ether oxygens (including phenoxy) is 3. The minimum atomic E-state index is -0.600. The Kier molecular flexibility index (Phi) is 7.88. The highest BCUT2D eigenvalue weighted by Crippen LogP contribution is 2.70. The maximum atomic E-state index is 12.7. The van der Waals surface area contributed by atoms with E-state index < -0.39 is 5.79 Å². The molecule has 0 radical (unpaired) electrons. The maximum Gasteiger partial charge on any atom is 0.302 e. The lowest BCUT2D eigenvalue weighted by Gasteiger charge is -2.63. The van der Waals surface area contributed by atoms with Gasteiger partial charge in [-0.05, 0) is 105 Å². The summed E-state index contributed by atoms with van der Waals surface area (Å²) in [6, 6.07) is 0. The lowest BCUT2D eigenvalue weighted by Crippen LogP contribution is -2.63. The van der Waals surface area contributed by atoms with Gasteiger partial charge in [-0.3, -0.25) is 9.59 Å². The minimum Gasteiger partial charge on any atom is -0.462 e. The average Bonchev–Trinajstić information content (AvgIpc) is 3.37. The fourth-order valence-corrected chi connectivity index (χ4v) is 10.9. The summed E-state index contributed by atoms with van der Waals surface area (Å²) in [4.78, 5) is 24.9. The molecular formula is C34H56O5. The van der Waals surface area contributed by atoms with Crippen molar-refractivity contribution in [1.29, 1.82) is 0 Å². The molecular weight excluding hydrogens is 488 g/mol. The van der Waals surface area contributed by atoms with E-state index in [-0.39, 0.29) is 41.0 Å². The number of rotatable bonds is 7. The van der Waals surface area contributed by atoms with E-state index in [1.165, 1.54) is 25.7 Å². The van der Waals surface area contributed by atoms with Gasteiger partial charge in [-0.2, -0.15) is 0 Å². The van der Waals surface area contributed by atoms with Crippen LogP contribution in [-0.2, 0) is 23.8 Å². The molecule has 0 amide bonds. The number of esters is 1. The third-order valence-corrected chi connectivity index (χ3v) is 13.0. The molecule has 0 N–H and O–H groups in total. The van der Waals surface area contributed by atoms with Crippen LogP contribution >= 0.6 is 0 Å². The van der Waals surface area contributed by atoms with Crippen molar-refractivity contribution < 1.29 is 23.8 Å². The molecule has 0 bridgehead atoms. The second-order valence-corrected chi connectivity index (χ2v) is 15.6. The van der Waals surface area contributed by atoms with Crippen molar-refractivity contribution in [1.82, 2.24) is 0 Å². The highest BCUT2D eigenvalue weighted by Gasteiger charge is 2.69. The van der Waals surface area contributed by atoms with Gasteiger partial charge in [0, 0.05) is 25.7 Å². The number of ketones is 1. The van der Waals surface area contributed by atoms with E-state index in [0.29, 0.717) is 53.6 Å². The normalized spacial score (nSPS) is 45.1. The Hall–Kier alpha value is -0.940. The van der Waals surface area contributed by atoms with Gasteiger partial charge in [-0.1, -0.05) is 48.0 Å². The Bertz CT molecular complexity index is 942. The first-order valence-electron chi connectivity index (χ1n) is 16.3. The van der Waals surface area contributed by atoms with Crippen molar-refractivity contribution in [3.8, 4) is 0 Å². The molecule has 5 heteroatoms. The third-order valence-electron chi connectivity index (χ3n) is 13.0. The van der Waals surface area contributed by atoms with E-state index in [4.69, 9.17) is 14.2 Å². The molecule has 1 unspecified atom stereocenters. The lowest BCUT2D eigenvalue weighted by atomic mass is 9.43. The predicted octanol–water partition coefficient (Wildman–Crippen LogP) is 7.59. The maximum absolute atomic E-state index is 12.7. The first kappa shape index (κ1) is 29.5. The molecule has 5 rings (SSSR count). The molecule has 5 fully saturated rings. The number of hydrogen-bond donors (Lipinski definition) is 0. The molecule has 1 saturated heterocycles. The summed E-state index contributed by atoms with van der Waals surface area (Å²) >= 11 is 0. The summed E-state index contributed by atoms with van der Waals surface area (Å²) in [6.07, 6.45) is 9.35. The number of hydrogen-bond acceptors (Lipinski definition) is 5. The van der Waals surface area contributed by atoms with Gasteiger partial charge in [-0.25, -0.2) is 0 Å². The molecule has 5 aliphatic rings. The van der Waals surface area contributed by atoms with Crippen LogP contribution in [0.4, 0.5) is 0 Å². The quantitative estimate of drug-likeness (QED) is 0.309. The topological polar surface area (TPSA) is 61.8 Å². The van der Waals surface area contributed by atoms with Gasteiger partial charge in [0.15, 0.2) is 5.79 Å². The molecule has 5 nitrogen and oxygen atoms in total. The van der Waals surface area contributed by atoms with Crippen LogP contribution in [0.15, 0.2) is 0 Å². The van der Waals surface area contributed by atoms with Crippen molar-refractivity contribution in [2.45, 2.75) is 144 Å². The van der Waals surface area contributed by atoms with Crippen molar-refractivity contribution in [2.24, 2.45) is 58.2 Å². The van der Waals surface area contributed by atoms with Gasteiger partial charge >= 0.3 is 5.97 Å². The summed E-state index contributed by atoms with van der Waals surface area (Å²) in [5.41, 5.74) is 0.341. The van der Waals surface area contributed by atoms with E-state index >= 15 is 0 Å². The van der Waals surface area contributed by atoms with E-state index in [2.05, 4.69) is 55.4 Å². The third kappa shape index (κ3) is 4.94. The molecule has 0 spiro atoms. The summed E-state index contributed by atoms with van der Waals surface area (Å²) in [5.74, 6) is 3.56. The SMILES string of the molecule is CC[C@H](CC(OC(C)=O)[C@@H](C)[C@H]1CC[C@H]2[C@@H]3[C@H]4OC(C)(C)O[C@@H]4[C@H]4CC(=O)CC[C@]4(C)[C@H]3CC[C@]12C)C(C)C. The van der Waals surface area contributed by atoms with Gasteiger partial charge in [0.2, 0.25) is 0 Å². The molecule has 222 valence electrons. The summed E-state index contributed by atoms with van der Waals surface area (Å²) < 4.78 is 19.6. The van der Waals surface area contributed by atoms with Crippen LogP contribution < -0.4 is 0 Å². The van der Waals surface area contributed by atoms with Crippen LogP contribution in [0.1, 0.15) is 120 Å². The predicted molar refractivity (Wildman–Crippen MR) is 153 cm³/mol. The second kappa shape index (κ2) is 10.4. The summed E-state index contributed by atoms with van der Waals surface area (Å²) in [6.45, 7) is 20.0. The Morgan fingerprint density at radius 1 is 0.949 bits per heavy atom. The van der Waals surface area contributed by atoms with Crippen molar-refractivity contribution >= 4 is 11.8 Å². The smallest absolute Gasteiger partial charge is 0.302 e. The number of fused-ring (bicyclic) bond motifs is 8. The zero-order valence-corrected chi connectivity index (χ0v) is 26.3. The first-order chi connectivity index (χ1) is 18.2. The Morgan fingerprint density at radius 3 is 2.26 bits per heavy atom. The largest absolute Gasteiger partial charge is 0.462 e. The molecule has 12 atom stereocenters. The minimum absolute atomic E-state index is 0.0134. The number of carbonyl (C=O) groups is 2. The van der Waals surface area contributed by atoms with Crippen LogP contribution in [0, 0.1) is 58.2 Å². The molecule has 39 heavy (non-hydrogen) atoms. The molecule has 4 saturated carbocycles. The monoisotopic (exact) mass is 544 g/mol. The van der Waals surface area contributed by atoms with Crippen LogP contribution in [0.5, 0.6) is 0 Å². The fourth-order valence-electron chi connectivity index (χ4n) is 10.9. The zero-order valence-electron chi connectivity index (χ0n) is 26.3. The van der Waals surface area contributed by atoms with Gasteiger partial charge < -0.3 is 14.2 Å². The highest BCUT2D eigenvalue weighted by molar-refractivity contribution is 5.79. The van der Waals surface area contributed by atoms with Gasteiger partial charge in [-0.15, -0.1) is 0 Å². The molecule has 1 aliphatic heterocycles. The van der Waals surface area contributed by atoms with E-state index in [9.17, 15) is 9.59 Å². The molecule has 0 aromatic carbocycles. The highest BCUT2D eigenvalue weighted by atomic mass is 16.8. The summed E-state index contributed by atoms with van der Waals surface area (Å²) in [7, 11) is 0. The second-order valence-electron chi connectivity index (χ2n) is 15.6. The van der Waals surface area contributed by atoms with Crippen molar-refractivity contribution in [3.05, 3.63) is 0 Å². The zero-order chi connectivity index (χ0) is 28.5. The molecule has 0 aromatic heterocycles. The van der Waals surface area contributed by atoms with Gasteiger partial charge in [0.25, 0.3) is 0 Å². The molecule has 4 aliphatic carbocycles. The van der Waals surface area contributed by atoms with Crippen LogP contribution in [0.2, 0.25) is 0 Å². The Morgan fingerprint density at radius 2 is 1.62 bits per heavy atom. The van der Waals surface area contributed by atoms with Crippen molar-refractivity contribution in [2.75, 3.05) is 0 Å². The van der Waals surface area contributed by atoms with Crippen LogP contribution in [0.3, 0.4) is 0 Å². The molecule has 1 heterocycles. The first-order valence-corrected chi connectivity index (χ1v) is 16.3. The fraction of sp³-hybridized carbons (Fsp3) is 0.941. The van der Waals surface area contributed by atoms with E-state index in [1.807, 2.05) is 0 Å². The van der Waals surface area contributed by atoms with Crippen molar-refractivity contribution in [3.63, 3.8) is 0 Å². The Balaban J connectivity index is 1.45. The summed E-state index contributed by atoms with van der Waals surface area (Å²) in [5, 5.41) is 0. The van der Waals surface area contributed by atoms with E-state index in [1.54, 1.807) is 6.92 Å². The number of carbonyl (C=O) groups excluding carboxylic acids is 2. The average molecular weight is 545 g/mol.